The first-order chi connectivity index (χ1) is 9.97. The number of ketones is 1. The fourth-order valence-electron chi connectivity index (χ4n) is 2.08. The quantitative estimate of drug-likeness (QED) is 0.683. The maximum absolute atomic E-state index is 13.4. The van der Waals surface area contributed by atoms with Gasteiger partial charge in [-0.15, -0.1) is 0 Å². The lowest BCUT2D eigenvalue weighted by atomic mass is 10.0. The van der Waals surface area contributed by atoms with Crippen LogP contribution in [0.15, 0.2) is 45.6 Å². The molecule has 0 N–H and O–H groups in total. The molecule has 1 heterocycles. The van der Waals surface area contributed by atoms with Crippen molar-refractivity contribution in [3.05, 3.63) is 68.9 Å². The van der Waals surface area contributed by atoms with Crippen molar-refractivity contribution in [2.75, 3.05) is 0 Å². The molecule has 0 radical (unpaired) electrons. The fourth-order valence-corrected chi connectivity index (χ4v) is 2.20. The number of oxazole rings is 1. The van der Waals surface area contributed by atoms with Crippen LogP contribution in [0, 0.1) is 5.82 Å². The normalized spacial score (nSPS) is 11.0. The van der Waals surface area contributed by atoms with E-state index in [-0.39, 0.29) is 16.4 Å². The molecule has 0 bridgehead atoms. The van der Waals surface area contributed by atoms with E-state index in [0.717, 1.165) is 6.07 Å². The van der Waals surface area contributed by atoms with E-state index in [1.807, 2.05) is 0 Å². The first-order valence-corrected chi connectivity index (χ1v) is 6.44. The van der Waals surface area contributed by atoms with Crippen molar-refractivity contribution in [2.45, 2.75) is 0 Å². The van der Waals surface area contributed by atoms with Gasteiger partial charge in [0.05, 0.1) is 10.5 Å². The smallest absolute Gasteiger partial charge is 0.408 e. The van der Waals surface area contributed by atoms with Crippen molar-refractivity contribution >= 4 is 28.5 Å². The summed E-state index contributed by atoms with van der Waals surface area (Å²) in [6.07, 6.45) is 0. The molecule has 0 aliphatic carbocycles. The number of nitrogens with zero attached hydrogens (tertiary/aromatic N) is 1. The number of rotatable bonds is 2. The minimum Gasteiger partial charge on any atom is -0.408 e. The average Bonchev–Trinajstić information content (AvgIpc) is 2.76. The van der Waals surface area contributed by atoms with Crippen LogP contribution in [-0.4, -0.2) is 10.4 Å². The molecule has 0 saturated heterocycles. The number of aryl methyl sites for hydroxylation is 1. The van der Waals surface area contributed by atoms with Crippen LogP contribution in [0.5, 0.6) is 0 Å². The largest absolute Gasteiger partial charge is 0.419 e. The molecular formula is C15H9ClFNO3. The van der Waals surface area contributed by atoms with Crippen LogP contribution in [-0.2, 0) is 7.05 Å². The highest BCUT2D eigenvalue weighted by molar-refractivity contribution is 6.30. The van der Waals surface area contributed by atoms with Crippen molar-refractivity contribution in [1.82, 2.24) is 4.57 Å². The first kappa shape index (κ1) is 13.6. The Hall–Kier alpha value is -2.40. The second kappa shape index (κ2) is 4.86. The second-order valence-electron chi connectivity index (χ2n) is 4.57. The molecule has 0 saturated carbocycles. The van der Waals surface area contributed by atoms with Crippen LogP contribution in [0.25, 0.3) is 11.1 Å². The first-order valence-electron chi connectivity index (χ1n) is 6.06. The molecule has 21 heavy (non-hydrogen) atoms. The number of halogens is 2. The van der Waals surface area contributed by atoms with Gasteiger partial charge < -0.3 is 4.42 Å². The van der Waals surface area contributed by atoms with Crippen molar-refractivity contribution in [1.29, 1.82) is 0 Å². The molecule has 0 fully saturated rings. The van der Waals surface area contributed by atoms with Crippen molar-refractivity contribution in [3.8, 4) is 0 Å². The molecule has 3 aromatic rings. The lowest BCUT2D eigenvalue weighted by Crippen LogP contribution is -2.08. The summed E-state index contributed by atoms with van der Waals surface area (Å²) in [5.74, 6) is -1.54. The van der Waals surface area contributed by atoms with E-state index in [0.29, 0.717) is 16.7 Å². The molecule has 0 spiro atoms. The Kier molecular flexibility index (Phi) is 3.14. The maximum atomic E-state index is 13.4. The standard InChI is InChI=1S/C15H9ClFNO3/c1-18-12-5-3-9(7-13(12)21-15(18)20)14(19)8-2-4-10(16)11(17)6-8/h2-7H,1H3. The highest BCUT2D eigenvalue weighted by atomic mass is 35.5. The summed E-state index contributed by atoms with van der Waals surface area (Å²) < 4.78 is 19.8. The molecule has 106 valence electrons. The maximum Gasteiger partial charge on any atom is 0.419 e. The topological polar surface area (TPSA) is 52.2 Å². The van der Waals surface area contributed by atoms with Crippen LogP contribution in [0.2, 0.25) is 5.02 Å². The Morgan fingerprint density at radius 2 is 1.86 bits per heavy atom. The van der Waals surface area contributed by atoms with Gasteiger partial charge in [-0.05, 0) is 36.4 Å². The highest BCUT2D eigenvalue weighted by Crippen LogP contribution is 2.20. The zero-order valence-corrected chi connectivity index (χ0v) is 11.6. The minimum atomic E-state index is -0.658. The van der Waals surface area contributed by atoms with Crippen LogP contribution < -0.4 is 5.76 Å². The number of hydrogen-bond donors (Lipinski definition) is 0. The van der Waals surface area contributed by atoms with Crippen LogP contribution in [0.1, 0.15) is 15.9 Å². The van der Waals surface area contributed by atoms with Crippen LogP contribution >= 0.6 is 11.6 Å². The van der Waals surface area contributed by atoms with Crippen molar-refractivity contribution in [3.63, 3.8) is 0 Å². The van der Waals surface area contributed by atoms with Gasteiger partial charge in [-0.3, -0.25) is 9.36 Å². The number of benzene rings is 2. The van der Waals surface area contributed by atoms with E-state index in [1.54, 1.807) is 19.2 Å². The summed E-state index contributed by atoms with van der Waals surface area (Å²) in [4.78, 5) is 23.7. The van der Waals surface area contributed by atoms with Gasteiger partial charge in [0.2, 0.25) is 0 Å². The Morgan fingerprint density at radius 3 is 2.57 bits per heavy atom. The van der Waals surface area contributed by atoms with Gasteiger partial charge in [0, 0.05) is 18.2 Å². The molecule has 1 aromatic heterocycles. The van der Waals surface area contributed by atoms with Gasteiger partial charge in [0.15, 0.2) is 11.4 Å². The lowest BCUT2D eigenvalue weighted by molar-refractivity contribution is 0.103. The van der Waals surface area contributed by atoms with E-state index in [4.69, 9.17) is 16.0 Å². The number of hydrogen-bond acceptors (Lipinski definition) is 3. The monoisotopic (exact) mass is 305 g/mol. The van der Waals surface area contributed by atoms with Gasteiger partial charge in [-0.1, -0.05) is 11.6 Å². The lowest BCUT2D eigenvalue weighted by Gasteiger charge is -2.02. The number of carbonyl (C=O) groups excluding carboxylic acids is 1. The summed E-state index contributed by atoms with van der Waals surface area (Å²) >= 11 is 5.59. The molecule has 0 aliphatic heterocycles. The third-order valence-corrected chi connectivity index (χ3v) is 3.54. The third kappa shape index (κ3) is 2.25. The summed E-state index contributed by atoms with van der Waals surface area (Å²) in [5.41, 5.74) is 1.37. The molecule has 0 atom stereocenters. The van der Waals surface area contributed by atoms with Crippen molar-refractivity contribution < 1.29 is 13.6 Å². The van der Waals surface area contributed by atoms with E-state index in [9.17, 15) is 14.0 Å². The SMILES string of the molecule is Cn1c(=O)oc2cc(C(=O)c3ccc(Cl)c(F)c3)ccc21. The summed E-state index contributed by atoms with van der Waals surface area (Å²) in [5, 5.41) is -0.0453. The molecule has 6 heteroatoms. The van der Waals surface area contributed by atoms with E-state index < -0.39 is 11.6 Å². The summed E-state index contributed by atoms with van der Waals surface area (Å²) in [6, 6.07) is 8.48. The van der Waals surface area contributed by atoms with Gasteiger partial charge in [0.25, 0.3) is 0 Å². The zero-order chi connectivity index (χ0) is 15.1. The van der Waals surface area contributed by atoms with E-state index in [2.05, 4.69) is 0 Å². The Bertz CT molecular complexity index is 926. The number of aromatic nitrogens is 1. The number of carbonyl (C=O) groups is 1. The molecule has 2 aromatic carbocycles. The second-order valence-corrected chi connectivity index (χ2v) is 4.97. The van der Waals surface area contributed by atoms with Gasteiger partial charge in [0.1, 0.15) is 5.82 Å². The van der Waals surface area contributed by atoms with Gasteiger partial charge >= 0.3 is 5.76 Å². The third-order valence-electron chi connectivity index (χ3n) is 3.24. The molecular weight excluding hydrogens is 297 g/mol. The Morgan fingerprint density at radius 1 is 1.19 bits per heavy atom. The summed E-state index contributed by atoms with van der Waals surface area (Å²) in [7, 11) is 1.57. The van der Waals surface area contributed by atoms with Crippen molar-refractivity contribution in [2.24, 2.45) is 7.05 Å². The summed E-state index contributed by atoms with van der Waals surface area (Å²) in [6.45, 7) is 0. The zero-order valence-electron chi connectivity index (χ0n) is 10.9. The Labute approximate surface area is 123 Å². The number of fused-ring (bicyclic) bond motifs is 1. The average molecular weight is 306 g/mol. The molecule has 0 amide bonds. The Balaban J connectivity index is 2.09. The van der Waals surface area contributed by atoms with Gasteiger partial charge in [-0.2, -0.15) is 0 Å². The van der Waals surface area contributed by atoms with Crippen LogP contribution in [0.3, 0.4) is 0 Å². The predicted molar refractivity (Wildman–Crippen MR) is 76.3 cm³/mol. The molecule has 0 aliphatic rings. The van der Waals surface area contributed by atoms with E-state index in [1.165, 1.54) is 22.8 Å². The predicted octanol–water partition coefficient (Wildman–Crippen LogP) is 3.16. The molecule has 0 unspecified atom stereocenters. The van der Waals surface area contributed by atoms with E-state index >= 15 is 0 Å². The fraction of sp³-hybridized carbons (Fsp3) is 0.0667. The minimum absolute atomic E-state index is 0.0453. The highest BCUT2D eigenvalue weighted by Gasteiger charge is 2.14. The van der Waals surface area contributed by atoms with Crippen LogP contribution in [0.4, 0.5) is 4.39 Å². The van der Waals surface area contributed by atoms with Gasteiger partial charge in [-0.25, -0.2) is 9.18 Å². The molecule has 4 nitrogen and oxygen atoms in total. The molecule has 3 rings (SSSR count).